The number of aromatic nitrogens is 1. The van der Waals surface area contributed by atoms with Crippen LogP contribution in [-0.4, -0.2) is 57.0 Å². The summed E-state index contributed by atoms with van der Waals surface area (Å²) in [5, 5.41) is 0. The van der Waals surface area contributed by atoms with Crippen LogP contribution in [0, 0.1) is 17.5 Å². The van der Waals surface area contributed by atoms with Crippen LogP contribution in [0.3, 0.4) is 0 Å². The summed E-state index contributed by atoms with van der Waals surface area (Å²) in [6.45, 7) is 1.12. The van der Waals surface area contributed by atoms with Gasteiger partial charge in [-0.25, -0.2) is 18.0 Å². The van der Waals surface area contributed by atoms with E-state index in [1.54, 1.807) is 35.2 Å². The van der Waals surface area contributed by atoms with Crippen LogP contribution < -0.4 is 15.9 Å². The number of nitrogens with two attached hydrogens (primary N) is 1. The molecular formula is C30H27F3N4O6. The molecule has 1 aromatic heterocycles. The Kier molecular flexibility index (Phi) is 6.90. The first-order chi connectivity index (χ1) is 20.5. The van der Waals surface area contributed by atoms with Crippen LogP contribution in [0.5, 0.6) is 5.75 Å². The summed E-state index contributed by atoms with van der Waals surface area (Å²) in [6, 6.07) is 8.80. The number of pyridine rings is 1. The van der Waals surface area contributed by atoms with Gasteiger partial charge in [0.25, 0.3) is 11.8 Å². The molecule has 0 unspecified atom stereocenters. The van der Waals surface area contributed by atoms with Crippen molar-refractivity contribution in [3.05, 3.63) is 98.7 Å². The van der Waals surface area contributed by atoms with Crippen molar-refractivity contribution in [2.24, 2.45) is 5.73 Å². The number of benzene rings is 2. The minimum absolute atomic E-state index is 0.0482. The Bertz CT molecular complexity index is 1690. The lowest BCUT2D eigenvalue weighted by molar-refractivity contribution is -0.00238. The van der Waals surface area contributed by atoms with Gasteiger partial charge in [0.05, 0.1) is 19.1 Å². The average molecular weight is 597 g/mol. The highest BCUT2D eigenvalue weighted by Gasteiger charge is 2.57. The second kappa shape index (κ2) is 10.5. The number of halogens is 3. The molecule has 3 aliphatic rings. The lowest BCUT2D eigenvalue weighted by Gasteiger charge is -2.42. The molecule has 1 spiro atoms. The van der Waals surface area contributed by atoms with Gasteiger partial charge in [-0.2, -0.15) is 0 Å². The van der Waals surface area contributed by atoms with Gasteiger partial charge in [0, 0.05) is 36.5 Å². The van der Waals surface area contributed by atoms with E-state index in [0.717, 1.165) is 4.90 Å². The summed E-state index contributed by atoms with van der Waals surface area (Å²) in [6.07, 6.45) is 0.962. The van der Waals surface area contributed by atoms with Gasteiger partial charge in [-0.15, -0.1) is 0 Å². The van der Waals surface area contributed by atoms with Crippen molar-refractivity contribution in [3.8, 4) is 5.75 Å². The quantitative estimate of drug-likeness (QED) is 0.465. The number of rotatable bonds is 6. The third kappa shape index (κ3) is 4.78. The fourth-order valence-corrected chi connectivity index (χ4v) is 6.17. The highest BCUT2D eigenvalue weighted by atomic mass is 19.1. The summed E-state index contributed by atoms with van der Waals surface area (Å²) in [5.74, 6) is -5.30. The largest absolute Gasteiger partial charge is 0.483 e. The van der Waals surface area contributed by atoms with Crippen molar-refractivity contribution in [1.29, 1.82) is 0 Å². The molecule has 2 saturated heterocycles. The first kappa shape index (κ1) is 28.3. The van der Waals surface area contributed by atoms with E-state index in [1.807, 2.05) is 6.92 Å². The van der Waals surface area contributed by atoms with Gasteiger partial charge in [-0.05, 0) is 25.3 Å². The topological polar surface area (TPSA) is 124 Å². The summed E-state index contributed by atoms with van der Waals surface area (Å²) >= 11 is 0. The number of nitrogens with zero attached hydrogens (tertiary/aromatic N) is 3. The van der Waals surface area contributed by atoms with E-state index in [0.29, 0.717) is 24.1 Å². The van der Waals surface area contributed by atoms with Crippen LogP contribution in [0.15, 0.2) is 53.5 Å². The lowest BCUT2D eigenvalue weighted by Crippen LogP contribution is -2.53. The second-order valence-electron chi connectivity index (χ2n) is 11.1. The Labute approximate surface area is 243 Å². The van der Waals surface area contributed by atoms with E-state index in [-0.39, 0.29) is 43.6 Å². The fourth-order valence-electron chi connectivity index (χ4n) is 6.17. The number of primary amides is 1. The third-order valence-corrected chi connectivity index (χ3v) is 8.44. The predicted molar refractivity (Wildman–Crippen MR) is 145 cm³/mol. The summed E-state index contributed by atoms with van der Waals surface area (Å²) in [7, 11) is 0. The number of carbonyl (C=O) groups is 3. The molecule has 224 valence electrons. The smallest absolute Gasteiger partial charge is 0.410 e. The number of amides is 3. The first-order valence-electron chi connectivity index (χ1n) is 13.7. The van der Waals surface area contributed by atoms with Crippen LogP contribution in [0.25, 0.3) is 0 Å². The maximum atomic E-state index is 14.5. The van der Waals surface area contributed by atoms with E-state index >= 15 is 0 Å². The van der Waals surface area contributed by atoms with Crippen molar-refractivity contribution in [2.45, 2.75) is 50.6 Å². The number of hydrogen-bond donors (Lipinski definition) is 1. The molecule has 3 atom stereocenters. The van der Waals surface area contributed by atoms with Gasteiger partial charge in [0.2, 0.25) is 5.43 Å². The van der Waals surface area contributed by atoms with Crippen LogP contribution >= 0.6 is 0 Å². The fraction of sp³-hybridized carbons (Fsp3) is 0.333. The van der Waals surface area contributed by atoms with Crippen molar-refractivity contribution in [1.82, 2.24) is 14.4 Å². The minimum atomic E-state index is -1.33. The van der Waals surface area contributed by atoms with Gasteiger partial charge in [0.1, 0.15) is 29.6 Å². The Morgan fingerprint density at radius 1 is 1.12 bits per heavy atom. The molecular weight excluding hydrogens is 569 g/mol. The lowest BCUT2D eigenvalue weighted by atomic mass is 9.87. The number of fused-ring (bicyclic) bond motifs is 5. The van der Waals surface area contributed by atoms with Gasteiger partial charge in [0.15, 0.2) is 17.0 Å². The number of carbonyl (C=O) groups excluding carboxylic acids is 3. The summed E-state index contributed by atoms with van der Waals surface area (Å²) < 4.78 is 55.8. The Balaban J connectivity index is 1.45. The molecule has 6 rings (SSSR count). The van der Waals surface area contributed by atoms with Crippen molar-refractivity contribution in [3.63, 3.8) is 0 Å². The monoisotopic (exact) mass is 596 g/mol. The molecule has 3 amide bonds. The zero-order chi connectivity index (χ0) is 30.6. The van der Waals surface area contributed by atoms with Crippen molar-refractivity contribution >= 4 is 17.9 Å². The van der Waals surface area contributed by atoms with Crippen molar-refractivity contribution in [2.75, 3.05) is 13.1 Å². The molecule has 3 aliphatic heterocycles. The van der Waals surface area contributed by atoms with Crippen LogP contribution in [0.1, 0.15) is 57.8 Å². The third-order valence-electron chi connectivity index (χ3n) is 8.44. The number of hydrogen-bond acceptors (Lipinski definition) is 6. The molecule has 2 aromatic carbocycles. The summed E-state index contributed by atoms with van der Waals surface area (Å²) in [5.41, 5.74) is 3.03. The highest BCUT2D eigenvalue weighted by molar-refractivity contribution is 5.99. The normalized spacial score (nSPS) is 22.8. The maximum Gasteiger partial charge on any atom is 0.410 e. The average Bonchev–Trinajstić information content (AvgIpc) is 3.22. The predicted octanol–water partition coefficient (Wildman–Crippen LogP) is 3.51. The molecule has 0 radical (unpaired) electrons. The molecule has 2 fully saturated rings. The Morgan fingerprint density at radius 2 is 1.81 bits per heavy atom. The first-order valence-corrected chi connectivity index (χ1v) is 13.7. The molecule has 0 saturated carbocycles. The van der Waals surface area contributed by atoms with Crippen LogP contribution in [0.4, 0.5) is 18.0 Å². The van der Waals surface area contributed by atoms with E-state index in [9.17, 15) is 32.3 Å². The highest BCUT2D eigenvalue weighted by Crippen LogP contribution is 2.45. The molecule has 2 bridgehead atoms. The Morgan fingerprint density at radius 3 is 2.49 bits per heavy atom. The Hall–Kier alpha value is -4.81. The van der Waals surface area contributed by atoms with Gasteiger partial charge < -0.3 is 24.7 Å². The van der Waals surface area contributed by atoms with E-state index < -0.39 is 70.1 Å². The molecule has 0 aliphatic carbocycles. The van der Waals surface area contributed by atoms with Crippen LogP contribution in [0.2, 0.25) is 0 Å². The van der Waals surface area contributed by atoms with Gasteiger partial charge in [-0.3, -0.25) is 19.3 Å². The molecule has 13 heteroatoms. The van der Waals surface area contributed by atoms with Gasteiger partial charge >= 0.3 is 6.09 Å². The molecule has 10 nitrogen and oxygen atoms in total. The standard InChI is InChI=1S/C30H27F3N4O6/c1-16-7-8-30(15-35(29(41)43-30)11-19-21(32)9-18(31)10-22(19)33)23-13-36(16)28(40)24-26(42-14-17-5-3-2-4-6-17)25(38)20(27(34)39)12-37(23)24/h2-6,9-10,12,16,23H,7-8,11,13-15H2,1H3,(H2,34,39)/t16-,23+,30+/m0/s1. The molecule has 2 N–H and O–H groups in total. The second-order valence-corrected chi connectivity index (χ2v) is 11.1. The molecule has 43 heavy (non-hydrogen) atoms. The zero-order valence-electron chi connectivity index (χ0n) is 23.0. The van der Waals surface area contributed by atoms with E-state index in [2.05, 4.69) is 0 Å². The zero-order valence-corrected chi connectivity index (χ0v) is 23.0. The van der Waals surface area contributed by atoms with E-state index in [4.69, 9.17) is 15.2 Å². The molecule has 3 aromatic rings. The number of ether oxygens (including phenoxy) is 2. The van der Waals surface area contributed by atoms with Gasteiger partial charge in [-0.1, -0.05) is 30.3 Å². The SMILES string of the molecule is C[C@H]1CC[C@@]2(CN(Cc3c(F)cc(F)cc3F)C(=O)O2)[C@H]2CN1C(=O)c1c(OCc3ccccc3)c(=O)c(C(N)=O)cn12. The van der Waals surface area contributed by atoms with Crippen LogP contribution in [-0.2, 0) is 17.9 Å². The van der Waals surface area contributed by atoms with E-state index in [1.165, 1.54) is 10.8 Å². The minimum Gasteiger partial charge on any atom is -0.483 e. The maximum absolute atomic E-state index is 14.5. The van der Waals surface area contributed by atoms with Crippen molar-refractivity contribution < 1.29 is 37.0 Å². The summed E-state index contributed by atoms with van der Waals surface area (Å²) in [4.78, 5) is 55.5. The molecule has 4 heterocycles.